The highest BCUT2D eigenvalue weighted by atomic mass is 28.3. The topological polar surface area (TPSA) is 37.3 Å². The van der Waals surface area contributed by atoms with Gasteiger partial charge in [0.05, 0.1) is 0 Å². The van der Waals surface area contributed by atoms with E-state index in [9.17, 15) is 9.90 Å². The van der Waals surface area contributed by atoms with Gasteiger partial charge in [0.2, 0.25) is 0 Å². The Bertz CT molecular complexity index is 1020. The van der Waals surface area contributed by atoms with E-state index in [1.54, 1.807) is 0 Å². The third kappa shape index (κ3) is 16.7. The molecule has 0 radical (unpaired) electrons. The number of carbonyl (C=O) groups excluding carboxylic acids is 1. The van der Waals surface area contributed by atoms with Crippen LogP contribution in [0.3, 0.4) is 0 Å². The highest BCUT2D eigenvalue weighted by Crippen LogP contribution is 2.50. The predicted octanol–water partition coefficient (Wildman–Crippen LogP) is 15.7. The first-order valence-electron chi connectivity index (χ1n) is 24.7. The van der Waals surface area contributed by atoms with Crippen molar-refractivity contribution in [2.24, 2.45) is 46.3 Å². The van der Waals surface area contributed by atoms with Crippen molar-refractivity contribution in [3.63, 3.8) is 0 Å². The minimum absolute atomic E-state index is 0.0586. The standard InChI is InChI=1S/C28H52OSi.C23H42O/c1-6-8-10-12-24-13-15-25(16-14-24)26-17-21-28(22-18-26,20-11-9-7-2)27(29)19-23-30(3,4)5;1-3-5-7-9-20-10-12-21(13-11-20)22-14-17-23(19-24,18-15-22)16-8-6-4-2/h24-27,29H,6-18,20-22H2,1-5H3;19-22H,3-18H2,1-2H3. The molecule has 314 valence electrons. The van der Waals surface area contributed by atoms with E-state index in [0.29, 0.717) is 0 Å². The van der Waals surface area contributed by atoms with Gasteiger partial charge >= 0.3 is 0 Å². The summed E-state index contributed by atoms with van der Waals surface area (Å²) in [6.45, 7) is 16.0. The van der Waals surface area contributed by atoms with Gasteiger partial charge in [-0.1, -0.05) is 169 Å². The average molecular weight is 767 g/mol. The zero-order chi connectivity index (χ0) is 39.3. The van der Waals surface area contributed by atoms with Crippen molar-refractivity contribution in [3.05, 3.63) is 0 Å². The number of carbonyl (C=O) groups is 1. The molecule has 4 saturated carbocycles. The lowest BCUT2D eigenvalue weighted by atomic mass is 9.61. The van der Waals surface area contributed by atoms with Crippen molar-refractivity contribution in [3.8, 4) is 11.5 Å². The van der Waals surface area contributed by atoms with Crippen LogP contribution in [0.4, 0.5) is 0 Å². The van der Waals surface area contributed by atoms with Gasteiger partial charge < -0.3 is 9.90 Å². The molecule has 1 N–H and O–H groups in total. The molecule has 4 fully saturated rings. The maximum atomic E-state index is 11.7. The number of aliphatic hydroxyl groups is 1. The number of hydrogen-bond acceptors (Lipinski definition) is 2. The van der Waals surface area contributed by atoms with Crippen LogP contribution in [0.1, 0.15) is 233 Å². The lowest BCUT2D eigenvalue weighted by Crippen LogP contribution is -2.40. The van der Waals surface area contributed by atoms with Crippen molar-refractivity contribution in [2.45, 2.75) is 259 Å². The Hall–Kier alpha value is -0.593. The molecule has 2 nitrogen and oxygen atoms in total. The molecule has 54 heavy (non-hydrogen) atoms. The highest BCUT2D eigenvalue weighted by Gasteiger charge is 2.42. The van der Waals surface area contributed by atoms with Crippen LogP contribution in [-0.2, 0) is 4.79 Å². The minimum atomic E-state index is -1.43. The molecule has 3 heteroatoms. The van der Waals surface area contributed by atoms with E-state index >= 15 is 0 Å². The van der Waals surface area contributed by atoms with Gasteiger partial charge in [0, 0.05) is 10.8 Å². The number of unbranched alkanes of at least 4 members (excludes halogenated alkanes) is 8. The Morgan fingerprint density at radius 2 is 0.944 bits per heavy atom. The van der Waals surface area contributed by atoms with Gasteiger partial charge in [-0.25, -0.2) is 0 Å². The van der Waals surface area contributed by atoms with Crippen molar-refractivity contribution >= 4 is 14.4 Å². The van der Waals surface area contributed by atoms with E-state index in [-0.39, 0.29) is 10.8 Å². The van der Waals surface area contributed by atoms with Crippen LogP contribution >= 0.6 is 0 Å². The Balaban J connectivity index is 0.000000297. The molecular formula is C51H94O2Si. The number of rotatable bonds is 20. The number of aliphatic hydroxyl groups excluding tert-OH is 1. The zero-order valence-electron chi connectivity index (χ0n) is 37.6. The molecule has 0 heterocycles. The molecule has 0 aromatic carbocycles. The molecule has 4 aliphatic rings. The molecule has 0 amide bonds. The number of aldehydes is 1. The molecule has 1 atom stereocenters. The van der Waals surface area contributed by atoms with Gasteiger partial charge in [0.1, 0.15) is 20.5 Å². The fraction of sp³-hybridized carbons (Fsp3) is 0.941. The second kappa shape index (κ2) is 25.7. The van der Waals surface area contributed by atoms with Crippen LogP contribution < -0.4 is 0 Å². The second-order valence-corrected chi connectivity index (χ2v) is 25.7. The molecular weight excluding hydrogens is 673 g/mol. The normalized spacial score (nSPS) is 32.4. The van der Waals surface area contributed by atoms with Gasteiger partial charge in [-0.05, 0) is 125 Å². The van der Waals surface area contributed by atoms with Crippen molar-refractivity contribution in [1.29, 1.82) is 0 Å². The van der Waals surface area contributed by atoms with Crippen molar-refractivity contribution < 1.29 is 9.90 Å². The van der Waals surface area contributed by atoms with E-state index in [1.807, 2.05) is 0 Å². The quantitative estimate of drug-likeness (QED) is 0.0580. The molecule has 0 aromatic rings. The summed E-state index contributed by atoms with van der Waals surface area (Å²) in [6, 6.07) is 0. The third-order valence-corrected chi connectivity index (χ3v) is 16.5. The van der Waals surface area contributed by atoms with Crippen LogP contribution in [0.25, 0.3) is 0 Å². The molecule has 0 spiro atoms. The van der Waals surface area contributed by atoms with E-state index in [1.165, 1.54) is 205 Å². The summed E-state index contributed by atoms with van der Waals surface area (Å²) in [7, 11) is -1.43. The van der Waals surface area contributed by atoms with Crippen LogP contribution in [0.5, 0.6) is 0 Å². The fourth-order valence-electron chi connectivity index (χ4n) is 11.6. The Morgan fingerprint density at radius 3 is 1.35 bits per heavy atom. The maximum Gasteiger partial charge on any atom is 0.129 e. The van der Waals surface area contributed by atoms with Gasteiger partial charge in [0.15, 0.2) is 0 Å². The third-order valence-electron chi connectivity index (χ3n) is 15.6. The maximum absolute atomic E-state index is 11.7. The highest BCUT2D eigenvalue weighted by molar-refractivity contribution is 6.83. The van der Waals surface area contributed by atoms with Crippen LogP contribution in [0.2, 0.25) is 19.6 Å². The van der Waals surface area contributed by atoms with Crippen LogP contribution in [-0.4, -0.2) is 25.6 Å². The van der Waals surface area contributed by atoms with Gasteiger partial charge in [-0.2, -0.15) is 0 Å². The Kier molecular flexibility index (Phi) is 22.7. The van der Waals surface area contributed by atoms with E-state index in [4.69, 9.17) is 0 Å². The molecule has 0 aliphatic heterocycles. The van der Waals surface area contributed by atoms with Crippen molar-refractivity contribution in [1.82, 2.24) is 0 Å². The summed E-state index contributed by atoms with van der Waals surface area (Å²) in [5.74, 6) is 9.19. The summed E-state index contributed by atoms with van der Waals surface area (Å²) in [4.78, 5) is 11.7. The van der Waals surface area contributed by atoms with Gasteiger partial charge in [0.25, 0.3) is 0 Å². The first-order chi connectivity index (χ1) is 26.0. The van der Waals surface area contributed by atoms with Crippen LogP contribution in [0.15, 0.2) is 0 Å². The SMILES string of the molecule is CCCCCC1CCC(C2CCC(C=O)(CCCCC)CC2)CC1.CCCCCC1CCC(C2CCC(CCCCC)(C(O)C#C[Si](C)(C)C)CC2)CC1. The minimum Gasteiger partial charge on any atom is -0.380 e. The fourth-order valence-corrected chi connectivity index (χ4v) is 12.2. The smallest absolute Gasteiger partial charge is 0.129 e. The lowest BCUT2D eigenvalue weighted by Gasteiger charge is -2.45. The van der Waals surface area contributed by atoms with Gasteiger partial charge in [-0.3, -0.25) is 0 Å². The first kappa shape index (κ1) is 47.8. The van der Waals surface area contributed by atoms with Gasteiger partial charge in [-0.15, -0.1) is 5.54 Å². The van der Waals surface area contributed by atoms with Crippen LogP contribution in [0, 0.1) is 57.8 Å². The Morgan fingerprint density at radius 1 is 0.556 bits per heavy atom. The predicted molar refractivity (Wildman–Crippen MR) is 239 cm³/mol. The molecule has 0 saturated heterocycles. The summed E-state index contributed by atoms with van der Waals surface area (Å²) in [6.07, 6.45) is 44.3. The number of hydrogen-bond donors (Lipinski definition) is 1. The summed E-state index contributed by atoms with van der Waals surface area (Å²) in [5, 5.41) is 11.2. The molecule has 0 bridgehead atoms. The van der Waals surface area contributed by atoms with E-state index < -0.39 is 14.2 Å². The monoisotopic (exact) mass is 767 g/mol. The molecule has 4 aliphatic carbocycles. The first-order valence-corrected chi connectivity index (χ1v) is 28.2. The summed E-state index contributed by atoms with van der Waals surface area (Å²) in [5.41, 5.74) is 3.61. The van der Waals surface area contributed by atoms with Crippen molar-refractivity contribution in [2.75, 3.05) is 0 Å². The molecule has 0 aromatic heterocycles. The molecule has 1 unspecified atom stereocenters. The zero-order valence-corrected chi connectivity index (χ0v) is 38.6. The lowest BCUT2D eigenvalue weighted by molar-refractivity contribution is -0.119. The largest absolute Gasteiger partial charge is 0.380 e. The van der Waals surface area contributed by atoms with E-state index in [0.717, 1.165) is 41.9 Å². The summed E-state index contributed by atoms with van der Waals surface area (Å²) >= 11 is 0. The van der Waals surface area contributed by atoms with E-state index in [2.05, 4.69) is 58.8 Å². The Labute approximate surface area is 339 Å². The second-order valence-electron chi connectivity index (χ2n) is 20.9. The summed E-state index contributed by atoms with van der Waals surface area (Å²) < 4.78 is 0. The molecule has 4 rings (SSSR count). The average Bonchev–Trinajstić information content (AvgIpc) is 3.18.